The van der Waals surface area contributed by atoms with Crippen LogP contribution in [-0.4, -0.2) is 29.9 Å². The smallest absolute Gasteiger partial charge is 0.306 e. The third-order valence-corrected chi connectivity index (χ3v) is 6.38. The van der Waals surface area contributed by atoms with Crippen LogP contribution in [0.15, 0.2) is 58.5 Å². The molecular weight excluding hydrogens is 366 g/mol. The molecule has 1 N–H and O–H groups in total. The first-order chi connectivity index (χ1) is 12.8. The van der Waals surface area contributed by atoms with Crippen LogP contribution in [0.4, 0.5) is 0 Å². The van der Waals surface area contributed by atoms with E-state index in [9.17, 15) is 4.79 Å². The molecule has 6 nitrogen and oxygen atoms in total. The van der Waals surface area contributed by atoms with E-state index in [0.717, 1.165) is 38.8 Å². The van der Waals surface area contributed by atoms with Crippen molar-refractivity contribution in [3.8, 4) is 0 Å². The summed E-state index contributed by atoms with van der Waals surface area (Å²) in [6.45, 7) is 0.683. The second kappa shape index (κ2) is 6.30. The van der Waals surface area contributed by atoms with Gasteiger partial charge in [0.2, 0.25) is 4.96 Å². The fraction of sp³-hybridized carbons (Fsp3) is 0.167. The van der Waals surface area contributed by atoms with Crippen molar-refractivity contribution in [2.75, 3.05) is 5.75 Å². The largest absolute Gasteiger partial charge is 0.326 e. The quantitative estimate of drug-likeness (QED) is 0.372. The summed E-state index contributed by atoms with van der Waals surface area (Å²) in [5.74, 6) is 0.872. The lowest BCUT2D eigenvalue weighted by Crippen LogP contribution is -2.17. The Balaban J connectivity index is 1.33. The average molecular weight is 381 g/mol. The molecule has 0 bridgehead atoms. The van der Waals surface area contributed by atoms with E-state index in [1.807, 2.05) is 36.4 Å². The van der Waals surface area contributed by atoms with Gasteiger partial charge in [-0.3, -0.25) is 8.97 Å². The Morgan fingerprint density at radius 1 is 1.04 bits per heavy atom. The summed E-state index contributed by atoms with van der Waals surface area (Å²) >= 11 is 3.33. The zero-order valence-corrected chi connectivity index (χ0v) is 15.4. The molecule has 0 spiro atoms. The predicted molar refractivity (Wildman–Crippen MR) is 106 cm³/mol. The van der Waals surface area contributed by atoms with Gasteiger partial charge in [0.25, 0.3) is 0 Å². The number of nitrogens with zero attached hydrogens (tertiary/aromatic N) is 4. The Labute approximate surface area is 156 Å². The van der Waals surface area contributed by atoms with Crippen LogP contribution in [0.2, 0.25) is 0 Å². The zero-order valence-electron chi connectivity index (χ0n) is 13.8. The Morgan fingerprint density at radius 2 is 1.85 bits per heavy atom. The summed E-state index contributed by atoms with van der Waals surface area (Å²) in [4.78, 5) is 15.9. The summed E-state index contributed by atoms with van der Waals surface area (Å²) < 4.78 is 5.13. The Kier molecular flexibility index (Phi) is 3.79. The Bertz CT molecular complexity index is 1280. The molecule has 2 aromatic carbocycles. The lowest BCUT2D eigenvalue weighted by molar-refractivity contribution is 0.679. The predicted octanol–water partition coefficient (Wildman–Crippen LogP) is 3.77. The average Bonchev–Trinajstić information content (AvgIpc) is 3.31. The molecule has 0 fully saturated rings. The number of aromatic nitrogens is 5. The van der Waals surface area contributed by atoms with E-state index < -0.39 is 0 Å². The van der Waals surface area contributed by atoms with E-state index in [2.05, 4.69) is 31.7 Å². The molecule has 3 aromatic heterocycles. The summed E-state index contributed by atoms with van der Waals surface area (Å²) in [6.07, 6.45) is 0.878. The van der Waals surface area contributed by atoms with Gasteiger partial charge in [-0.25, -0.2) is 4.79 Å². The molecule has 0 aliphatic heterocycles. The van der Waals surface area contributed by atoms with E-state index in [1.165, 1.54) is 4.70 Å². The molecule has 8 heteroatoms. The number of hydrogen-bond acceptors (Lipinski definition) is 5. The number of aromatic amines is 1. The third-order valence-electron chi connectivity index (χ3n) is 4.35. The number of aryl methyl sites for hydroxylation is 1. The fourth-order valence-electron chi connectivity index (χ4n) is 3.16. The number of benzene rings is 2. The summed E-state index contributed by atoms with van der Waals surface area (Å²) in [7, 11) is 0. The second-order valence-corrected chi connectivity index (χ2v) is 8.04. The van der Waals surface area contributed by atoms with Crippen molar-refractivity contribution in [1.29, 1.82) is 0 Å². The Hall–Kier alpha value is -2.58. The van der Waals surface area contributed by atoms with Crippen LogP contribution in [0.3, 0.4) is 0 Å². The van der Waals surface area contributed by atoms with Crippen LogP contribution >= 0.6 is 23.1 Å². The lowest BCUT2D eigenvalue weighted by Gasteiger charge is -2.03. The number of para-hydroxylation sites is 3. The number of fused-ring (bicyclic) bond motifs is 4. The van der Waals surface area contributed by atoms with Gasteiger partial charge < -0.3 is 4.98 Å². The number of thioether (sulfide) groups is 1. The van der Waals surface area contributed by atoms with E-state index in [0.29, 0.717) is 6.54 Å². The normalized spacial score (nSPS) is 11.8. The first-order valence-corrected chi connectivity index (χ1v) is 10.1. The summed E-state index contributed by atoms with van der Waals surface area (Å²) in [6, 6.07) is 16.1. The van der Waals surface area contributed by atoms with Gasteiger partial charge in [-0.05, 0) is 30.7 Å². The highest BCUT2D eigenvalue weighted by Gasteiger charge is 2.12. The number of nitrogens with one attached hydrogen (secondary N) is 1. The van der Waals surface area contributed by atoms with E-state index in [-0.39, 0.29) is 5.69 Å². The number of H-pyrrole nitrogens is 1. The Morgan fingerprint density at radius 3 is 2.77 bits per heavy atom. The fourth-order valence-corrected chi connectivity index (χ4v) is 5.06. The number of hydrogen-bond donors (Lipinski definition) is 1. The van der Waals surface area contributed by atoms with E-state index in [4.69, 9.17) is 0 Å². The van der Waals surface area contributed by atoms with E-state index in [1.54, 1.807) is 27.7 Å². The molecule has 0 unspecified atom stereocenters. The maximum atomic E-state index is 12.1. The van der Waals surface area contributed by atoms with Crippen molar-refractivity contribution >= 4 is 49.3 Å². The second-order valence-electron chi connectivity index (χ2n) is 5.97. The molecule has 3 heterocycles. The van der Waals surface area contributed by atoms with Gasteiger partial charge in [0, 0.05) is 12.3 Å². The molecule has 0 saturated heterocycles. The number of rotatable bonds is 5. The van der Waals surface area contributed by atoms with Gasteiger partial charge >= 0.3 is 5.69 Å². The molecule has 0 atom stereocenters. The van der Waals surface area contributed by atoms with Gasteiger partial charge in [0.05, 0.1) is 21.3 Å². The van der Waals surface area contributed by atoms with Crippen molar-refractivity contribution in [3.05, 3.63) is 59.0 Å². The molecule has 0 amide bonds. The molecule has 0 aliphatic rings. The van der Waals surface area contributed by atoms with Crippen molar-refractivity contribution < 1.29 is 0 Å². The van der Waals surface area contributed by atoms with Crippen molar-refractivity contribution in [2.24, 2.45) is 0 Å². The van der Waals surface area contributed by atoms with Crippen LogP contribution in [0.5, 0.6) is 0 Å². The first kappa shape index (κ1) is 15.7. The highest BCUT2D eigenvalue weighted by molar-refractivity contribution is 7.99. The molecule has 0 aliphatic carbocycles. The number of imidazole rings is 1. The highest BCUT2D eigenvalue weighted by atomic mass is 32.2. The van der Waals surface area contributed by atoms with Crippen LogP contribution in [0.25, 0.3) is 26.2 Å². The van der Waals surface area contributed by atoms with Crippen LogP contribution < -0.4 is 5.69 Å². The number of thiazole rings is 1. The minimum absolute atomic E-state index is 0.0510. The first-order valence-electron chi connectivity index (χ1n) is 8.34. The molecule has 5 rings (SSSR count). The van der Waals surface area contributed by atoms with Gasteiger partial charge in [0.1, 0.15) is 0 Å². The van der Waals surface area contributed by atoms with Crippen LogP contribution in [0.1, 0.15) is 6.42 Å². The van der Waals surface area contributed by atoms with Crippen LogP contribution in [0, 0.1) is 0 Å². The van der Waals surface area contributed by atoms with Crippen molar-refractivity contribution in [1.82, 2.24) is 24.1 Å². The third kappa shape index (κ3) is 2.53. The maximum absolute atomic E-state index is 12.1. The molecule has 130 valence electrons. The van der Waals surface area contributed by atoms with Crippen molar-refractivity contribution in [3.63, 3.8) is 0 Å². The lowest BCUT2D eigenvalue weighted by atomic mass is 10.3. The summed E-state index contributed by atoms with van der Waals surface area (Å²) in [5, 5.41) is 9.52. The minimum Gasteiger partial charge on any atom is -0.306 e. The zero-order chi connectivity index (χ0) is 17.5. The van der Waals surface area contributed by atoms with Crippen molar-refractivity contribution in [2.45, 2.75) is 18.1 Å². The van der Waals surface area contributed by atoms with Gasteiger partial charge in [-0.1, -0.05) is 47.4 Å². The monoisotopic (exact) mass is 381 g/mol. The topological polar surface area (TPSA) is 68.0 Å². The SMILES string of the molecule is O=c1[nH]c2ccccc2n1CCCSc1nnc2sc3ccccc3n12. The van der Waals surface area contributed by atoms with E-state index >= 15 is 0 Å². The maximum Gasteiger partial charge on any atom is 0.326 e. The van der Waals surface area contributed by atoms with Gasteiger partial charge in [-0.2, -0.15) is 0 Å². The van der Waals surface area contributed by atoms with Crippen LogP contribution in [-0.2, 0) is 6.54 Å². The summed E-state index contributed by atoms with van der Waals surface area (Å²) in [5.41, 5.74) is 2.93. The molecule has 0 saturated carbocycles. The van der Waals surface area contributed by atoms with Gasteiger partial charge in [0.15, 0.2) is 5.16 Å². The van der Waals surface area contributed by atoms with Gasteiger partial charge in [-0.15, -0.1) is 10.2 Å². The molecular formula is C18H15N5OS2. The minimum atomic E-state index is -0.0510. The molecule has 0 radical (unpaired) electrons. The molecule has 26 heavy (non-hydrogen) atoms. The standard InChI is InChI=1S/C18H15N5OS2/c24-16-19-12-6-1-2-7-13(12)22(16)10-5-11-25-17-20-21-18-23(17)14-8-3-4-9-15(14)26-18/h1-4,6-9H,5,10-11H2,(H,19,24). The highest BCUT2D eigenvalue weighted by Crippen LogP contribution is 2.29. The molecule has 5 aromatic rings.